The lowest BCUT2D eigenvalue weighted by atomic mass is 10.2. The smallest absolute Gasteiger partial charge is 0.0253 e. The van der Waals surface area contributed by atoms with Gasteiger partial charge in [-0.3, -0.25) is 0 Å². The zero-order valence-electron chi connectivity index (χ0n) is 5.15. The molecule has 0 bridgehead atoms. The maximum Gasteiger partial charge on any atom is 0.0253 e. The highest BCUT2D eigenvalue weighted by Crippen LogP contribution is 2.34. The van der Waals surface area contributed by atoms with Gasteiger partial charge in [-0.15, -0.1) is 0 Å². The molecule has 0 aromatic carbocycles. The number of hydrogen-bond donors (Lipinski definition) is 1. The van der Waals surface area contributed by atoms with Gasteiger partial charge in [-0.05, 0) is 30.5 Å². The lowest BCUT2D eigenvalue weighted by molar-refractivity contribution is 0.670. The Morgan fingerprint density at radius 1 is 1.75 bits per heavy atom. The number of nitrogens with one attached hydrogen (secondary N) is 1. The molecule has 1 rings (SSSR count). The summed E-state index contributed by atoms with van der Waals surface area (Å²) in [4.78, 5) is 2.75. The predicted molar refractivity (Wildman–Crippen MR) is 35.8 cm³/mol. The van der Waals surface area contributed by atoms with Gasteiger partial charge in [0.2, 0.25) is 0 Å². The molecule has 2 unspecified atom stereocenters. The number of halogens is 1. The maximum atomic E-state index is 5.38. The Hall–Kier alpha value is 0.250. The van der Waals surface area contributed by atoms with Crippen molar-refractivity contribution in [1.82, 2.24) is 4.84 Å². The van der Waals surface area contributed by atoms with Crippen molar-refractivity contribution >= 4 is 11.8 Å². The van der Waals surface area contributed by atoms with E-state index in [1.807, 2.05) is 0 Å². The van der Waals surface area contributed by atoms with Gasteiger partial charge in [0, 0.05) is 6.04 Å². The molecule has 1 aliphatic rings. The van der Waals surface area contributed by atoms with Crippen molar-refractivity contribution in [3.05, 3.63) is 0 Å². The highest BCUT2D eigenvalue weighted by atomic mass is 35.5. The van der Waals surface area contributed by atoms with E-state index in [1.54, 1.807) is 0 Å². The molecule has 8 heavy (non-hydrogen) atoms. The first-order valence-corrected chi connectivity index (χ1v) is 3.62. The van der Waals surface area contributed by atoms with Crippen LogP contribution in [0.15, 0.2) is 0 Å². The predicted octanol–water partition coefficient (Wildman–Crippen LogP) is 1.92. The summed E-state index contributed by atoms with van der Waals surface area (Å²) < 4.78 is 0. The summed E-state index contributed by atoms with van der Waals surface area (Å²) in [5, 5.41) is 0. The van der Waals surface area contributed by atoms with E-state index in [0.717, 1.165) is 5.92 Å². The molecule has 1 fully saturated rings. The van der Waals surface area contributed by atoms with Crippen LogP contribution in [0.4, 0.5) is 0 Å². The molecule has 48 valence electrons. The summed E-state index contributed by atoms with van der Waals surface area (Å²) in [6.07, 6.45) is 3.92. The Morgan fingerprint density at radius 2 is 2.50 bits per heavy atom. The third kappa shape index (κ3) is 1.36. The second-order valence-electron chi connectivity index (χ2n) is 2.50. The fourth-order valence-electron chi connectivity index (χ4n) is 1.07. The van der Waals surface area contributed by atoms with E-state index in [0.29, 0.717) is 6.04 Å². The monoisotopic (exact) mass is 133 g/mol. The second-order valence-corrected chi connectivity index (χ2v) is 2.72. The lowest BCUT2D eigenvalue weighted by Crippen LogP contribution is -2.03. The van der Waals surface area contributed by atoms with Crippen LogP contribution in [-0.2, 0) is 0 Å². The summed E-state index contributed by atoms with van der Waals surface area (Å²) in [5.41, 5.74) is 0. The standard InChI is InChI=1S/C6H12ClN/c1-2-3-5-4-6(5)8-7/h5-6,8H,2-4H2,1H3. The SMILES string of the molecule is CCCC1CC1NCl. The number of rotatable bonds is 3. The van der Waals surface area contributed by atoms with Crippen molar-refractivity contribution < 1.29 is 0 Å². The van der Waals surface area contributed by atoms with E-state index in [-0.39, 0.29) is 0 Å². The van der Waals surface area contributed by atoms with Crippen LogP contribution >= 0.6 is 11.8 Å². The Balaban J connectivity index is 1.99. The molecule has 0 saturated heterocycles. The van der Waals surface area contributed by atoms with Crippen molar-refractivity contribution in [3.63, 3.8) is 0 Å². The van der Waals surface area contributed by atoms with Crippen LogP contribution in [0.2, 0.25) is 0 Å². The lowest BCUT2D eigenvalue weighted by Gasteiger charge is -1.90. The van der Waals surface area contributed by atoms with Gasteiger partial charge in [0.15, 0.2) is 0 Å². The van der Waals surface area contributed by atoms with Crippen molar-refractivity contribution in [1.29, 1.82) is 0 Å². The van der Waals surface area contributed by atoms with Gasteiger partial charge in [-0.1, -0.05) is 13.3 Å². The molecule has 2 atom stereocenters. The maximum absolute atomic E-state index is 5.38. The fraction of sp³-hybridized carbons (Fsp3) is 1.00. The summed E-state index contributed by atoms with van der Waals surface area (Å²) in [6, 6.07) is 0.636. The molecule has 1 aliphatic carbocycles. The van der Waals surface area contributed by atoms with Gasteiger partial charge >= 0.3 is 0 Å². The van der Waals surface area contributed by atoms with Crippen molar-refractivity contribution in [2.24, 2.45) is 5.92 Å². The summed E-state index contributed by atoms with van der Waals surface area (Å²) in [6.45, 7) is 2.21. The van der Waals surface area contributed by atoms with E-state index in [9.17, 15) is 0 Å². The Bertz CT molecular complexity index is 74.9. The molecule has 0 amide bonds. The van der Waals surface area contributed by atoms with Gasteiger partial charge in [-0.2, -0.15) is 0 Å². The van der Waals surface area contributed by atoms with Crippen LogP contribution in [0.25, 0.3) is 0 Å². The third-order valence-corrected chi connectivity index (χ3v) is 2.00. The average Bonchev–Trinajstić information content (AvgIpc) is 2.48. The van der Waals surface area contributed by atoms with Gasteiger partial charge in [0.25, 0.3) is 0 Å². The largest absolute Gasteiger partial charge is 0.230 e. The molecule has 1 saturated carbocycles. The first-order valence-electron chi connectivity index (χ1n) is 3.24. The Morgan fingerprint density at radius 3 is 2.88 bits per heavy atom. The summed E-state index contributed by atoms with van der Waals surface area (Å²) in [5.74, 6) is 0.887. The van der Waals surface area contributed by atoms with E-state index in [1.165, 1.54) is 19.3 Å². The second kappa shape index (κ2) is 2.70. The van der Waals surface area contributed by atoms with E-state index < -0.39 is 0 Å². The molecule has 0 aliphatic heterocycles. The van der Waals surface area contributed by atoms with Crippen LogP contribution < -0.4 is 4.84 Å². The van der Waals surface area contributed by atoms with Crippen molar-refractivity contribution in [2.75, 3.05) is 0 Å². The van der Waals surface area contributed by atoms with E-state index in [4.69, 9.17) is 11.8 Å². The van der Waals surface area contributed by atoms with Crippen LogP contribution in [-0.4, -0.2) is 6.04 Å². The van der Waals surface area contributed by atoms with Crippen molar-refractivity contribution in [3.8, 4) is 0 Å². The Kier molecular flexibility index (Phi) is 2.15. The molecular formula is C6H12ClN. The minimum absolute atomic E-state index is 0.636. The molecule has 0 spiro atoms. The van der Waals surface area contributed by atoms with E-state index >= 15 is 0 Å². The molecule has 0 radical (unpaired) electrons. The zero-order valence-corrected chi connectivity index (χ0v) is 5.91. The molecule has 0 aromatic heterocycles. The molecule has 1 N–H and O–H groups in total. The fourth-order valence-corrected chi connectivity index (χ4v) is 1.34. The molecule has 0 aromatic rings. The molecule has 2 heteroatoms. The number of hydrogen-bond acceptors (Lipinski definition) is 1. The average molecular weight is 134 g/mol. The summed E-state index contributed by atoms with van der Waals surface area (Å²) >= 11 is 5.38. The van der Waals surface area contributed by atoms with Gasteiger partial charge < -0.3 is 0 Å². The zero-order chi connectivity index (χ0) is 5.98. The highest BCUT2D eigenvalue weighted by Gasteiger charge is 2.34. The van der Waals surface area contributed by atoms with Gasteiger partial charge in [0.1, 0.15) is 0 Å². The highest BCUT2D eigenvalue weighted by molar-refractivity contribution is 6.13. The van der Waals surface area contributed by atoms with Gasteiger partial charge in [-0.25, -0.2) is 4.84 Å². The van der Waals surface area contributed by atoms with Crippen LogP contribution in [0.5, 0.6) is 0 Å². The molecular weight excluding hydrogens is 122 g/mol. The summed E-state index contributed by atoms with van der Waals surface area (Å²) in [7, 11) is 0. The normalized spacial score (nSPS) is 35.2. The van der Waals surface area contributed by atoms with Gasteiger partial charge in [0.05, 0.1) is 0 Å². The van der Waals surface area contributed by atoms with E-state index in [2.05, 4.69) is 11.8 Å². The third-order valence-electron chi connectivity index (χ3n) is 1.72. The van der Waals surface area contributed by atoms with Crippen LogP contribution in [0.1, 0.15) is 26.2 Å². The first-order chi connectivity index (χ1) is 3.88. The topological polar surface area (TPSA) is 12.0 Å². The quantitative estimate of drug-likeness (QED) is 0.580. The minimum atomic E-state index is 0.636. The molecule has 1 nitrogen and oxygen atoms in total. The minimum Gasteiger partial charge on any atom is -0.230 e. The van der Waals surface area contributed by atoms with Crippen LogP contribution in [0, 0.1) is 5.92 Å². The Labute approximate surface area is 55.5 Å². The molecule has 0 heterocycles. The van der Waals surface area contributed by atoms with Crippen LogP contribution in [0.3, 0.4) is 0 Å². The first kappa shape index (κ1) is 6.37. The van der Waals surface area contributed by atoms with Crippen molar-refractivity contribution in [2.45, 2.75) is 32.2 Å².